The first-order valence-corrected chi connectivity index (χ1v) is 8.34. The van der Waals surface area contributed by atoms with Crippen LogP contribution < -0.4 is 14.6 Å². The summed E-state index contributed by atoms with van der Waals surface area (Å²) in [5.41, 5.74) is 2.10. The summed E-state index contributed by atoms with van der Waals surface area (Å²) in [5.74, 6) is -0.425. The van der Waals surface area contributed by atoms with Gasteiger partial charge in [0.1, 0.15) is 0 Å². The lowest BCUT2D eigenvalue weighted by molar-refractivity contribution is -0.255. The highest BCUT2D eigenvalue weighted by atomic mass is 16.5. The molecule has 0 saturated carbocycles. The fraction of sp³-hybridized carbons (Fsp3) is 0.300. The summed E-state index contributed by atoms with van der Waals surface area (Å²) in [6.45, 7) is 2.41. The second kappa shape index (κ2) is 7.07. The quantitative estimate of drug-likeness (QED) is 0.837. The van der Waals surface area contributed by atoms with Crippen molar-refractivity contribution in [1.82, 2.24) is 4.90 Å². The lowest BCUT2D eigenvalue weighted by Crippen LogP contribution is -2.40. The van der Waals surface area contributed by atoms with Gasteiger partial charge in [-0.1, -0.05) is 18.2 Å². The number of carbonyl (C=O) groups excluding carboxylic acids is 2. The van der Waals surface area contributed by atoms with Crippen molar-refractivity contribution in [2.24, 2.45) is 0 Å². The molecule has 0 saturated heterocycles. The molecule has 0 N–H and O–H groups in total. The Labute approximate surface area is 152 Å². The van der Waals surface area contributed by atoms with E-state index in [1.54, 1.807) is 31.3 Å². The van der Waals surface area contributed by atoms with Gasteiger partial charge in [0.25, 0.3) is 5.91 Å². The van der Waals surface area contributed by atoms with Gasteiger partial charge >= 0.3 is 0 Å². The molecule has 3 rings (SSSR count). The van der Waals surface area contributed by atoms with E-state index in [9.17, 15) is 14.7 Å². The van der Waals surface area contributed by atoms with Gasteiger partial charge in [-0.3, -0.25) is 4.79 Å². The molecule has 136 valence electrons. The Kier molecular flexibility index (Phi) is 4.84. The van der Waals surface area contributed by atoms with Gasteiger partial charge in [0, 0.05) is 17.7 Å². The molecule has 1 atom stereocenters. The third-order valence-electron chi connectivity index (χ3n) is 4.82. The number of ether oxygens (including phenoxy) is 2. The molecule has 1 amide bonds. The highest BCUT2D eigenvalue weighted by molar-refractivity contribution is 6.04. The van der Waals surface area contributed by atoms with Crippen LogP contribution in [0.2, 0.25) is 0 Å². The molecular weight excluding hydrogens is 334 g/mol. The Hall–Kier alpha value is -3.02. The summed E-state index contributed by atoms with van der Waals surface area (Å²) >= 11 is 0. The van der Waals surface area contributed by atoms with E-state index < -0.39 is 5.97 Å². The second-order valence-corrected chi connectivity index (χ2v) is 6.16. The number of hydrogen-bond donors (Lipinski definition) is 0. The van der Waals surface area contributed by atoms with Gasteiger partial charge in [-0.25, -0.2) is 0 Å². The van der Waals surface area contributed by atoms with E-state index in [1.807, 2.05) is 19.1 Å². The Morgan fingerprint density at radius 2 is 1.69 bits per heavy atom. The van der Waals surface area contributed by atoms with Gasteiger partial charge in [-0.05, 0) is 42.7 Å². The van der Waals surface area contributed by atoms with Gasteiger partial charge in [0.15, 0.2) is 11.5 Å². The molecule has 6 nitrogen and oxygen atoms in total. The third kappa shape index (κ3) is 2.98. The zero-order chi connectivity index (χ0) is 18.8. The first kappa shape index (κ1) is 17.8. The lowest BCUT2D eigenvalue weighted by atomic mass is 9.92. The molecule has 1 heterocycles. The summed E-state index contributed by atoms with van der Waals surface area (Å²) in [5, 5.41) is 11.3. The molecule has 6 heteroatoms. The summed E-state index contributed by atoms with van der Waals surface area (Å²) in [6.07, 6.45) is 0.652. The molecule has 0 bridgehead atoms. The minimum absolute atomic E-state index is 0.0946. The number of amides is 1. The van der Waals surface area contributed by atoms with Crippen molar-refractivity contribution in [1.29, 1.82) is 0 Å². The fourth-order valence-electron chi connectivity index (χ4n) is 3.42. The molecule has 0 fully saturated rings. The van der Waals surface area contributed by atoms with Crippen LogP contribution in [0.4, 0.5) is 0 Å². The maximum absolute atomic E-state index is 13.0. The number of carbonyl (C=O) groups is 2. The molecule has 0 spiro atoms. The number of rotatable bonds is 4. The molecule has 0 unspecified atom stereocenters. The van der Waals surface area contributed by atoms with E-state index in [-0.39, 0.29) is 23.1 Å². The zero-order valence-corrected chi connectivity index (χ0v) is 14.9. The van der Waals surface area contributed by atoms with Crippen LogP contribution in [0.15, 0.2) is 36.4 Å². The number of aromatic carboxylic acids is 1. The molecule has 2 aromatic carbocycles. The number of hydrogen-bond acceptors (Lipinski definition) is 5. The smallest absolute Gasteiger partial charge is 0.255 e. The Bertz CT molecular complexity index is 861. The fourth-order valence-corrected chi connectivity index (χ4v) is 3.42. The maximum atomic E-state index is 13.0. The summed E-state index contributed by atoms with van der Waals surface area (Å²) in [7, 11) is 3.15. The molecule has 1 aliphatic heterocycles. The lowest BCUT2D eigenvalue weighted by Gasteiger charge is -2.36. The minimum atomic E-state index is -1.36. The van der Waals surface area contributed by atoms with E-state index in [1.165, 1.54) is 12.1 Å². The number of methoxy groups -OCH3 is 2. The Morgan fingerprint density at radius 1 is 1.08 bits per heavy atom. The molecular formula is C20H20NO5-. The molecule has 0 aliphatic carbocycles. The first-order valence-electron chi connectivity index (χ1n) is 8.34. The number of carboxylic acid groups (broad SMARTS) is 1. The van der Waals surface area contributed by atoms with E-state index in [0.717, 1.165) is 11.1 Å². The Balaban J connectivity index is 1.98. The number of benzene rings is 2. The van der Waals surface area contributed by atoms with Crippen molar-refractivity contribution < 1.29 is 24.2 Å². The average Bonchev–Trinajstić information content (AvgIpc) is 2.66. The van der Waals surface area contributed by atoms with Crippen LogP contribution in [0.1, 0.15) is 44.8 Å². The standard InChI is InChI=1S/C20H21NO5/c1-12-16-11-18(26-3)17(25-2)10-13(16)8-9-21(12)19(22)14-6-4-5-7-15(14)20(23)24/h4-7,10-12H,8-9H2,1-3H3,(H,23,24)/p-1/t12-/m0/s1. The van der Waals surface area contributed by atoms with Gasteiger partial charge in [-0.15, -0.1) is 0 Å². The predicted molar refractivity (Wildman–Crippen MR) is 93.5 cm³/mol. The normalized spacial score (nSPS) is 16.0. The molecule has 1 aliphatic rings. The van der Waals surface area contributed by atoms with Crippen molar-refractivity contribution in [3.05, 3.63) is 58.7 Å². The van der Waals surface area contributed by atoms with Crippen LogP contribution in [-0.4, -0.2) is 37.5 Å². The summed E-state index contributed by atoms with van der Waals surface area (Å²) in [4.78, 5) is 26.0. The van der Waals surface area contributed by atoms with Crippen LogP contribution in [0.5, 0.6) is 11.5 Å². The van der Waals surface area contributed by atoms with Crippen molar-refractivity contribution >= 4 is 11.9 Å². The van der Waals surface area contributed by atoms with Crippen molar-refractivity contribution in [2.75, 3.05) is 20.8 Å². The van der Waals surface area contributed by atoms with Gasteiger partial charge in [0.2, 0.25) is 0 Å². The highest BCUT2D eigenvalue weighted by Crippen LogP contribution is 2.38. The minimum Gasteiger partial charge on any atom is -0.545 e. The predicted octanol–water partition coefficient (Wildman–Crippen LogP) is 1.83. The van der Waals surface area contributed by atoms with E-state index in [4.69, 9.17) is 9.47 Å². The topological polar surface area (TPSA) is 78.9 Å². The zero-order valence-electron chi connectivity index (χ0n) is 14.9. The number of nitrogens with zero attached hydrogens (tertiary/aromatic N) is 1. The van der Waals surface area contributed by atoms with Crippen LogP contribution in [0, 0.1) is 0 Å². The monoisotopic (exact) mass is 354 g/mol. The summed E-state index contributed by atoms with van der Waals surface area (Å²) < 4.78 is 10.7. The average molecular weight is 354 g/mol. The van der Waals surface area contributed by atoms with Crippen LogP contribution >= 0.6 is 0 Å². The largest absolute Gasteiger partial charge is 0.545 e. The third-order valence-corrected chi connectivity index (χ3v) is 4.82. The Morgan fingerprint density at radius 3 is 2.31 bits per heavy atom. The highest BCUT2D eigenvalue weighted by Gasteiger charge is 2.30. The van der Waals surface area contributed by atoms with Crippen molar-refractivity contribution in [3.63, 3.8) is 0 Å². The number of carboxylic acids is 1. The van der Waals surface area contributed by atoms with E-state index >= 15 is 0 Å². The maximum Gasteiger partial charge on any atom is 0.255 e. The van der Waals surface area contributed by atoms with Crippen molar-refractivity contribution in [3.8, 4) is 11.5 Å². The first-order chi connectivity index (χ1) is 12.5. The molecule has 0 radical (unpaired) electrons. The van der Waals surface area contributed by atoms with E-state index in [0.29, 0.717) is 24.5 Å². The van der Waals surface area contributed by atoms with Gasteiger partial charge < -0.3 is 24.3 Å². The van der Waals surface area contributed by atoms with Crippen LogP contribution in [-0.2, 0) is 6.42 Å². The SMILES string of the molecule is COc1cc2c(cc1OC)[C@H](C)N(C(=O)c1ccccc1C(=O)[O-])CC2. The summed E-state index contributed by atoms with van der Waals surface area (Å²) in [6, 6.07) is 9.72. The molecule has 2 aromatic rings. The van der Waals surface area contributed by atoms with Crippen molar-refractivity contribution in [2.45, 2.75) is 19.4 Å². The number of fused-ring (bicyclic) bond motifs is 1. The van der Waals surface area contributed by atoms with Crippen LogP contribution in [0.3, 0.4) is 0 Å². The molecule has 0 aromatic heterocycles. The second-order valence-electron chi connectivity index (χ2n) is 6.16. The van der Waals surface area contributed by atoms with Gasteiger partial charge in [0.05, 0.1) is 26.2 Å². The van der Waals surface area contributed by atoms with Crippen LogP contribution in [0.25, 0.3) is 0 Å². The van der Waals surface area contributed by atoms with Gasteiger partial charge in [-0.2, -0.15) is 0 Å². The van der Waals surface area contributed by atoms with E-state index in [2.05, 4.69) is 0 Å². The molecule has 26 heavy (non-hydrogen) atoms.